The number of benzene rings is 4. The van der Waals surface area contributed by atoms with Gasteiger partial charge in [0.1, 0.15) is 0 Å². The molecule has 0 bridgehead atoms. The number of anilines is 2. The van der Waals surface area contributed by atoms with E-state index in [1.165, 1.54) is 24.3 Å². The average molecular weight is 657 g/mol. The summed E-state index contributed by atoms with van der Waals surface area (Å²) in [5, 5.41) is 6.34. The number of halogens is 2. The van der Waals surface area contributed by atoms with Crippen molar-refractivity contribution in [3.05, 3.63) is 117 Å². The van der Waals surface area contributed by atoms with Crippen LogP contribution in [0.3, 0.4) is 0 Å². The second kappa shape index (κ2) is 14.5. The minimum absolute atomic E-state index is 0.0859. The SMILES string of the molecule is COc1ccc(CCNC(=O)c2ccccc2NC(=O)c2ccc(N(Cc3c(Cl)cccc3Cl)S(C)(=O)=O)cc2)cc1OC. The lowest BCUT2D eigenvalue weighted by Crippen LogP contribution is -2.29. The zero-order chi connectivity index (χ0) is 31.9. The lowest BCUT2D eigenvalue weighted by Gasteiger charge is -2.23. The number of nitrogens with one attached hydrogen (secondary N) is 2. The molecule has 0 saturated carbocycles. The smallest absolute Gasteiger partial charge is 0.255 e. The van der Waals surface area contributed by atoms with Crippen molar-refractivity contribution in [1.29, 1.82) is 0 Å². The molecular weight excluding hydrogens is 625 g/mol. The van der Waals surface area contributed by atoms with Gasteiger partial charge in [-0.25, -0.2) is 8.42 Å². The Bertz CT molecular complexity index is 1740. The van der Waals surface area contributed by atoms with Crippen LogP contribution < -0.4 is 24.4 Å². The number of carbonyl (C=O) groups is 2. The van der Waals surface area contributed by atoms with Crippen molar-refractivity contribution < 1.29 is 27.5 Å². The number of rotatable bonds is 12. The Hall–Kier alpha value is -4.25. The molecule has 0 atom stereocenters. The first-order valence-electron chi connectivity index (χ1n) is 13.4. The summed E-state index contributed by atoms with van der Waals surface area (Å²) >= 11 is 12.5. The van der Waals surface area contributed by atoms with Crippen molar-refractivity contribution in [3.8, 4) is 11.5 Å². The Balaban J connectivity index is 1.44. The number of para-hydroxylation sites is 1. The zero-order valence-corrected chi connectivity index (χ0v) is 26.6. The molecular formula is C32H31Cl2N3O6S. The molecule has 0 aliphatic carbocycles. The first-order valence-corrected chi connectivity index (χ1v) is 16.0. The van der Waals surface area contributed by atoms with Crippen molar-refractivity contribution in [2.24, 2.45) is 0 Å². The van der Waals surface area contributed by atoms with Crippen LogP contribution in [0, 0.1) is 0 Å². The first-order chi connectivity index (χ1) is 21.0. The summed E-state index contributed by atoms with van der Waals surface area (Å²) in [6.07, 6.45) is 1.63. The molecule has 0 fully saturated rings. The second-order valence-corrected chi connectivity index (χ2v) is 12.4. The highest BCUT2D eigenvalue weighted by molar-refractivity contribution is 7.92. The molecule has 0 aromatic heterocycles. The summed E-state index contributed by atoms with van der Waals surface area (Å²) in [5.74, 6) is 0.404. The van der Waals surface area contributed by atoms with Crippen LogP contribution in [0.2, 0.25) is 10.0 Å². The zero-order valence-electron chi connectivity index (χ0n) is 24.3. The minimum atomic E-state index is -3.72. The van der Waals surface area contributed by atoms with Crippen molar-refractivity contribution in [2.75, 3.05) is 36.6 Å². The summed E-state index contributed by atoms with van der Waals surface area (Å²) in [5.41, 5.74) is 2.64. The summed E-state index contributed by atoms with van der Waals surface area (Å²) in [6.45, 7) is 0.270. The normalized spacial score (nSPS) is 11.0. The van der Waals surface area contributed by atoms with Crippen molar-refractivity contribution in [3.63, 3.8) is 0 Å². The van der Waals surface area contributed by atoms with Gasteiger partial charge in [-0.1, -0.05) is 47.5 Å². The van der Waals surface area contributed by atoms with Gasteiger partial charge >= 0.3 is 0 Å². The van der Waals surface area contributed by atoms with E-state index in [2.05, 4.69) is 10.6 Å². The van der Waals surface area contributed by atoms with Gasteiger partial charge in [-0.05, 0) is 72.6 Å². The van der Waals surface area contributed by atoms with Crippen molar-refractivity contribution in [2.45, 2.75) is 13.0 Å². The number of hydrogen-bond donors (Lipinski definition) is 2. The van der Waals surface area contributed by atoms with E-state index < -0.39 is 15.9 Å². The maximum atomic E-state index is 13.1. The quantitative estimate of drug-likeness (QED) is 0.188. The average Bonchev–Trinajstić information content (AvgIpc) is 3.00. The van der Waals surface area contributed by atoms with Crippen LogP contribution in [-0.4, -0.2) is 47.3 Å². The summed E-state index contributed by atoms with van der Waals surface area (Å²) in [4.78, 5) is 26.1. The molecule has 2 amide bonds. The Morgan fingerprint density at radius 1 is 0.818 bits per heavy atom. The predicted molar refractivity (Wildman–Crippen MR) is 174 cm³/mol. The summed E-state index contributed by atoms with van der Waals surface area (Å²) in [6, 6.07) is 23.2. The Kier molecular flexibility index (Phi) is 10.7. The van der Waals surface area contributed by atoms with Crippen LogP contribution in [0.15, 0.2) is 84.9 Å². The monoisotopic (exact) mass is 655 g/mol. The minimum Gasteiger partial charge on any atom is -0.493 e. The van der Waals surface area contributed by atoms with Gasteiger partial charge in [-0.15, -0.1) is 0 Å². The lowest BCUT2D eigenvalue weighted by molar-refractivity contribution is 0.0955. The van der Waals surface area contributed by atoms with E-state index in [0.717, 1.165) is 16.1 Å². The molecule has 0 aliphatic heterocycles. The molecule has 0 radical (unpaired) electrons. The van der Waals surface area contributed by atoms with E-state index >= 15 is 0 Å². The van der Waals surface area contributed by atoms with Gasteiger partial charge in [0.15, 0.2) is 11.5 Å². The molecule has 2 N–H and O–H groups in total. The number of amides is 2. The van der Waals surface area contributed by atoms with E-state index in [1.54, 1.807) is 62.8 Å². The number of carbonyl (C=O) groups excluding carboxylic acids is 2. The van der Waals surface area contributed by atoms with Crippen LogP contribution >= 0.6 is 23.2 Å². The number of sulfonamides is 1. The third-order valence-electron chi connectivity index (χ3n) is 6.75. The molecule has 0 spiro atoms. The molecule has 9 nitrogen and oxygen atoms in total. The summed E-state index contributed by atoms with van der Waals surface area (Å²) < 4.78 is 37.0. The summed E-state index contributed by atoms with van der Waals surface area (Å²) in [7, 11) is -0.593. The third-order valence-corrected chi connectivity index (χ3v) is 8.60. The molecule has 4 rings (SSSR count). The number of ether oxygens (including phenoxy) is 2. The Morgan fingerprint density at radius 3 is 2.11 bits per heavy atom. The Labute approximate surface area is 266 Å². The van der Waals surface area contributed by atoms with Gasteiger partial charge in [0.05, 0.1) is 44.0 Å². The highest BCUT2D eigenvalue weighted by atomic mass is 35.5. The molecule has 12 heteroatoms. The van der Waals surface area contributed by atoms with E-state index in [0.29, 0.717) is 57.0 Å². The van der Waals surface area contributed by atoms with E-state index in [9.17, 15) is 18.0 Å². The van der Waals surface area contributed by atoms with Crippen LogP contribution in [0.5, 0.6) is 11.5 Å². The topological polar surface area (TPSA) is 114 Å². The van der Waals surface area contributed by atoms with E-state index in [1.807, 2.05) is 12.1 Å². The van der Waals surface area contributed by atoms with E-state index in [-0.39, 0.29) is 18.0 Å². The molecule has 230 valence electrons. The van der Waals surface area contributed by atoms with Gasteiger partial charge in [-0.2, -0.15) is 0 Å². The van der Waals surface area contributed by atoms with Gasteiger partial charge in [0.2, 0.25) is 10.0 Å². The fourth-order valence-electron chi connectivity index (χ4n) is 4.44. The van der Waals surface area contributed by atoms with Crippen LogP contribution in [0.4, 0.5) is 11.4 Å². The number of nitrogens with zero attached hydrogens (tertiary/aromatic N) is 1. The molecule has 0 aliphatic rings. The number of hydrogen-bond acceptors (Lipinski definition) is 6. The van der Waals surface area contributed by atoms with Crippen molar-refractivity contribution >= 4 is 56.4 Å². The molecule has 4 aromatic carbocycles. The predicted octanol–water partition coefficient (Wildman–Crippen LogP) is 6.20. The molecule has 44 heavy (non-hydrogen) atoms. The van der Waals surface area contributed by atoms with Gasteiger partial charge < -0.3 is 20.1 Å². The fraction of sp³-hybridized carbons (Fsp3) is 0.188. The molecule has 4 aromatic rings. The first kappa shape index (κ1) is 32.7. The van der Waals surface area contributed by atoms with Gasteiger partial charge in [0.25, 0.3) is 11.8 Å². The highest BCUT2D eigenvalue weighted by Gasteiger charge is 2.21. The van der Waals surface area contributed by atoms with Crippen molar-refractivity contribution in [1.82, 2.24) is 5.32 Å². The molecule has 0 saturated heterocycles. The van der Waals surface area contributed by atoms with Gasteiger partial charge in [-0.3, -0.25) is 13.9 Å². The fourth-order valence-corrected chi connectivity index (χ4v) is 5.83. The standard InChI is InChI=1S/C32H31Cl2N3O6S/c1-42-29-16-11-21(19-30(29)43-2)17-18-35-32(39)24-7-4-5-10-28(24)36-31(38)22-12-14-23(15-13-22)37(44(3,40)41)20-25-26(33)8-6-9-27(25)34/h4-16,19H,17-18,20H2,1-3H3,(H,35,39)(H,36,38). The van der Waals surface area contributed by atoms with Crippen LogP contribution in [0.25, 0.3) is 0 Å². The van der Waals surface area contributed by atoms with Crippen LogP contribution in [-0.2, 0) is 23.0 Å². The third kappa shape index (κ3) is 8.02. The largest absolute Gasteiger partial charge is 0.493 e. The Morgan fingerprint density at radius 2 is 1.48 bits per heavy atom. The molecule has 0 unspecified atom stereocenters. The maximum absolute atomic E-state index is 13.1. The second-order valence-electron chi connectivity index (χ2n) is 9.71. The lowest BCUT2D eigenvalue weighted by atomic mass is 10.1. The van der Waals surface area contributed by atoms with E-state index in [4.69, 9.17) is 32.7 Å². The highest BCUT2D eigenvalue weighted by Crippen LogP contribution is 2.30. The maximum Gasteiger partial charge on any atom is 0.255 e. The van der Waals surface area contributed by atoms with Gasteiger partial charge in [0, 0.05) is 27.7 Å². The molecule has 0 heterocycles. The number of methoxy groups -OCH3 is 2. The van der Waals surface area contributed by atoms with Crippen LogP contribution in [0.1, 0.15) is 31.8 Å².